The average molecular weight is 203 g/mol. The van der Waals surface area contributed by atoms with E-state index in [0.717, 1.165) is 12.0 Å². The molecule has 0 saturated heterocycles. The number of pyridine rings is 1. The molecular weight excluding hydrogens is 190 g/mol. The first kappa shape index (κ1) is 9.53. The summed E-state index contributed by atoms with van der Waals surface area (Å²) >= 11 is 4.70. The van der Waals surface area contributed by atoms with Crippen LogP contribution >= 0.6 is 12.6 Å². The molecule has 1 aromatic heterocycles. The number of thiol groups is 1. The van der Waals surface area contributed by atoms with Crippen LogP contribution in [0.1, 0.15) is 17.5 Å². The number of aryl methyl sites for hydroxylation is 1. The van der Waals surface area contributed by atoms with Crippen LogP contribution in [0, 0.1) is 6.92 Å². The van der Waals surface area contributed by atoms with Crippen LogP contribution in [0.4, 0.5) is 0 Å². The van der Waals surface area contributed by atoms with Crippen molar-refractivity contribution >= 4 is 12.6 Å². The minimum atomic E-state index is -0.267. The van der Waals surface area contributed by atoms with E-state index in [-0.39, 0.29) is 4.75 Å². The predicted molar refractivity (Wildman–Crippen MR) is 62.5 cm³/mol. The van der Waals surface area contributed by atoms with E-state index in [9.17, 15) is 0 Å². The third kappa shape index (κ3) is 1.62. The van der Waals surface area contributed by atoms with E-state index in [1.54, 1.807) is 0 Å². The second-order valence-corrected chi connectivity index (χ2v) is 4.30. The third-order valence-corrected chi connectivity index (χ3v) is 3.03. The summed E-state index contributed by atoms with van der Waals surface area (Å²) in [6.07, 6.45) is 13.2. The Morgan fingerprint density at radius 3 is 2.71 bits per heavy atom. The Morgan fingerprint density at radius 2 is 2.07 bits per heavy atom. The van der Waals surface area contributed by atoms with Gasteiger partial charge >= 0.3 is 0 Å². The van der Waals surface area contributed by atoms with Crippen LogP contribution in [0.5, 0.6) is 0 Å². The number of rotatable bonds is 1. The first-order valence-electron chi connectivity index (χ1n) is 4.71. The van der Waals surface area contributed by atoms with Gasteiger partial charge in [-0.1, -0.05) is 24.3 Å². The number of nitrogens with zero attached hydrogens (tertiary/aromatic N) is 1. The summed E-state index contributed by atoms with van der Waals surface area (Å²) in [5, 5.41) is 0. The van der Waals surface area contributed by atoms with Gasteiger partial charge in [-0.3, -0.25) is 4.98 Å². The summed E-state index contributed by atoms with van der Waals surface area (Å²) in [6.45, 7) is 2.09. The Morgan fingerprint density at radius 1 is 1.36 bits per heavy atom. The number of aromatic nitrogens is 1. The lowest BCUT2D eigenvalue weighted by atomic mass is 9.92. The first-order valence-corrected chi connectivity index (χ1v) is 5.16. The van der Waals surface area contributed by atoms with Gasteiger partial charge in [0.15, 0.2) is 0 Å². The molecule has 0 aromatic carbocycles. The molecule has 0 saturated carbocycles. The van der Waals surface area contributed by atoms with Gasteiger partial charge in [0, 0.05) is 12.4 Å². The minimum Gasteiger partial charge on any atom is -0.264 e. The van der Waals surface area contributed by atoms with E-state index in [1.807, 2.05) is 18.5 Å². The molecule has 0 spiro atoms. The van der Waals surface area contributed by atoms with E-state index < -0.39 is 0 Å². The van der Waals surface area contributed by atoms with Crippen LogP contribution < -0.4 is 0 Å². The lowest BCUT2D eigenvalue weighted by Gasteiger charge is -2.25. The van der Waals surface area contributed by atoms with Gasteiger partial charge in [-0.15, -0.1) is 0 Å². The molecule has 1 heterocycles. The van der Waals surface area contributed by atoms with Crippen molar-refractivity contribution in [3.8, 4) is 0 Å². The maximum atomic E-state index is 4.70. The second-order valence-electron chi connectivity index (χ2n) is 3.56. The normalized spacial score (nSPS) is 18.4. The highest BCUT2D eigenvalue weighted by molar-refractivity contribution is 7.81. The fourth-order valence-electron chi connectivity index (χ4n) is 1.69. The Labute approximate surface area is 90.0 Å². The maximum Gasteiger partial charge on any atom is 0.0756 e. The zero-order valence-electron chi connectivity index (χ0n) is 8.14. The molecule has 0 unspecified atom stereocenters. The lowest BCUT2D eigenvalue weighted by molar-refractivity contribution is 0.936. The zero-order valence-corrected chi connectivity index (χ0v) is 9.04. The zero-order chi connectivity index (χ0) is 10.0. The summed E-state index contributed by atoms with van der Waals surface area (Å²) in [7, 11) is 0. The van der Waals surface area contributed by atoms with Gasteiger partial charge in [-0.05, 0) is 30.5 Å². The van der Waals surface area contributed by atoms with Gasteiger partial charge in [-0.25, -0.2) is 0 Å². The number of hydrogen-bond acceptors (Lipinski definition) is 2. The van der Waals surface area contributed by atoms with E-state index in [0.29, 0.717) is 0 Å². The van der Waals surface area contributed by atoms with E-state index in [2.05, 4.69) is 36.2 Å². The fraction of sp³-hybridized carbons (Fsp3) is 0.250. The molecule has 0 bridgehead atoms. The molecule has 1 aromatic rings. The van der Waals surface area contributed by atoms with Gasteiger partial charge < -0.3 is 0 Å². The van der Waals surface area contributed by atoms with Crippen molar-refractivity contribution in [1.29, 1.82) is 0 Å². The van der Waals surface area contributed by atoms with Crippen molar-refractivity contribution in [3.63, 3.8) is 0 Å². The van der Waals surface area contributed by atoms with E-state index in [1.165, 1.54) is 5.56 Å². The molecule has 1 aliphatic carbocycles. The lowest BCUT2D eigenvalue weighted by Crippen LogP contribution is -2.15. The minimum absolute atomic E-state index is 0.267. The second kappa shape index (κ2) is 3.62. The van der Waals surface area contributed by atoms with Crippen LogP contribution in [-0.2, 0) is 4.75 Å². The van der Waals surface area contributed by atoms with Crippen LogP contribution in [0.3, 0.4) is 0 Å². The molecule has 0 N–H and O–H groups in total. The van der Waals surface area contributed by atoms with Crippen molar-refractivity contribution < 1.29 is 0 Å². The van der Waals surface area contributed by atoms with Gasteiger partial charge in [-0.2, -0.15) is 12.6 Å². The Bertz CT molecular complexity index is 381. The molecule has 0 radical (unpaired) electrons. The summed E-state index contributed by atoms with van der Waals surface area (Å²) in [5.74, 6) is 0. The first-order chi connectivity index (χ1) is 6.72. The third-order valence-electron chi connectivity index (χ3n) is 2.49. The molecule has 0 amide bonds. The highest BCUT2D eigenvalue weighted by Gasteiger charge is 2.24. The highest BCUT2D eigenvalue weighted by Crippen LogP contribution is 2.35. The molecule has 1 aliphatic rings. The van der Waals surface area contributed by atoms with Crippen molar-refractivity contribution in [1.82, 2.24) is 4.98 Å². The highest BCUT2D eigenvalue weighted by atomic mass is 32.1. The van der Waals surface area contributed by atoms with Gasteiger partial charge in [0.1, 0.15) is 0 Å². The predicted octanol–water partition coefficient (Wildman–Crippen LogP) is 3.03. The smallest absolute Gasteiger partial charge is 0.0756 e. The van der Waals surface area contributed by atoms with Crippen LogP contribution in [0.15, 0.2) is 42.8 Å². The maximum absolute atomic E-state index is 4.70. The SMILES string of the molecule is Cc1ccncc1C1(S)C=CCC=C1. The molecule has 0 atom stereocenters. The molecule has 2 rings (SSSR count). The Kier molecular flexibility index (Phi) is 2.46. The summed E-state index contributed by atoms with van der Waals surface area (Å²) < 4.78 is -0.267. The van der Waals surface area contributed by atoms with Gasteiger partial charge in [0.05, 0.1) is 4.75 Å². The summed E-state index contributed by atoms with van der Waals surface area (Å²) in [4.78, 5) is 4.15. The molecule has 2 heteroatoms. The van der Waals surface area contributed by atoms with Crippen LogP contribution in [0.2, 0.25) is 0 Å². The number of hydrogen-bond donors (Lipinski definition) is 1. The summed E-state index contributed by atoms with van der Waals surface area (Å²) in [6, 6.07) is 2.02. The van der Waals surface area contributed by atoms with Crippen LogP contribution in [-0.4, -0.2) is 4.98 Å². The molecule has 0 aliphatic heterocycles. The Balaban J connectivity index is 2.48. The van der Waals surface area contributed by atoms with Gasteiger partial charge in [0.25, 0.3) is 0 Å². The monoisotopic (exact) mass is 203 g/mol. The quantitative estimate of drug-likeness (QED) is 0.547. The van der Waals surface area contributed by atoms with E-state index >= 15 is 0 Å². The standard InChI is InChI=1S/C12H13NS/c1-10-5-8-13-9-11(10)12(14)6-3-2-4-7-12/h3-9,14H,2H2,1H3. The fourth-order valence-corrected chi connectivity index (χ4v) is 2.14. The number of allylic oxidation sites excluding steroid dienone is 2. The summed E-state index contributed by atoms with van der Waals surface area (Å²) in [5.41, 5.74) is 2.39. The Hall–Kier alpha value is -1.02. The molecule has 14 heavy (non-hydrogen) atoms. The van der Waals surface area contributed by atoms with Crippen molar-refractivity contribution in [2.45, 2.75) is 18.1 Å². The molecular formula is C12H13NS. The molecule has 0 fully saturated rings. The van der Waals surface area contributed by atoms with Gasteiger partial charge in [0.2, 0.25) is 0 Å². The topological polar surface area (TPSA) is 12.9 Å². The van der Waals surface area contributed by atoms with E-state index in [4.69, 9.17) is 12.6 Å². The largest absolute Gasteiger partial charge is 0.264 e. The van der Waals surface area contributed by atoms with Crippen molar-refractivity contribution in [3.05, 3.63) is 53.9 Å². The molecule has 72 valence electrons. The van der Waals surface area contributed by atoms with Crippen LogP contribution in [0.25, 0.3) is 0 Å². The average Bonchev–Trinajstić information content (AvgIpc) is 2.19. The molecule has 1 nitrogen and oxygen atoms in total. The van der Waals surface area contributed by atoms with Crippen molar-refractivity contribution in [2.24, 2.45) is 0 Å². The van der Waals surface area contributed by atoms with Crippen molar-refractivity contribution in [2.75, 3.05) is 0 Å².